The van der Waals surface area contributed by atoms with Crippen LogP contribution < -0.4 is 10.1 Å². The van der Waals surface area contributed by atoms with E-state index >= 15 is 0 Å². The van der Waals surface area contributed by atoms with E-state index < -0.39 is 24.3 Å². The van der Waals surface area contributed by atoms with Gasteiger partial charge in [0, 0.05) is 37.5 Å². The summed E-state index contributed by atoms with van der Waals surface area (Å²) in [5.41, 5.74) is 4.24. The number of H-pyrrole nitrogens is 1. The number of carboxylic acid groups (broad SMARTS) is 2. The van der Waals surface area contributed by atoms with E-state index in [1.165, 1.54) is 5.56 Å². The van der Waals surface area contributed by atoms with Crippen LogP contribution >= 0.6 is 0 Å². The van der Waals surface area contributed by atoms with Gasteiger partial charge in [-0.05, 0) is 42.0 Å². The van der Waals surface area contributed by atoms with Crippen LogP contribution in [0.3, 0.4) is 0 Å². The molecule has 15 heteroatoms. The van der Waals surface area contributed by atoms with E-state index in [2.05, 4.69) is 32.4 Å². The van der Waals surface area contributed by atoms with E-state index in [9.17, 15) is 26.3 Å². The number of benzene rings is 2. The van der Waals surface area contributed by atoms with Gasteiger partial charge in [0.05, 0.1) is 17.4 Å². The van der Waals surface area contributed by atoms with Gasteiger partial charge in [-0.3, -0.25) is 4.98 Å². The smallest absolute Gasteiger partial charge is 0.475 e. The van der Waals surface area contributed by atoms with Crippen molar-refractivity contribution in [3.05, 3.63) is 84.4 Å². The number of ether oxygens (including phenoxy) is 1. The SMILES string of the molecule is O=C(O)C(F)(F)F.O=C(O)C(F)(F)F.c1ccc(CCNCc2ccc(Oc3ccc4[nH]cnc4c3)cc2)nc1. The Bertz CT molecular complexity index is 1340. The predicted molar refractivity (Wildman–Crippen MR) is 130 cm³/mol. The third kappa shape index (κ3) is 11.4. The highest BCUT2D eigenvalue weighted by Crippen LogP contribution is 2.24. The largest absolute Gasteiger partial charge is 0.490 e. The molecule has 2 aromatic heterocycles. The second kappa shape index (κ2) is 14.5. The average Bonchev–Trinajstić information content (AvgIpc) is 3.36. The lowest BCUT2D eigenvalue weighted by Crippen LogP contribution is -2.21. The van der Waals surface area contributed by atoms with Gasteiger partial charge in [0.15, 0.2) is 0 Å². The molecule has 214 valence electrons. The van der Waals surface area contributed by atoms with Gasteiger partial charge in [0.1, 0.15) is 11.5 Å². The number of hydrogen-bond acceptors (Lipinski definition) is 6. The summed E-state index contributed by atoms with van der Waals surface area (Å²) in [6.07, 6.45) is -5.72. The third-order valence-corrected chi connectivity index (χ3v) is 4.65. The standard InChI is InChI=1S/C21H20N4O.2C2HF3O2/c1-2-11-23-17(3-1)10-12-22-14-16-4-6-18(7-5-16)26-19-8-9-20-21(13-19)25-15-24-20;2*3-2(4,5)1(6)7/h1-9,11,13,15,22H,10,12,14H2,(H,24,25);2*(H,6,7). The number of nitrogens with zero attached hydrogens (tertiary/aromatic N) is 2. The molecule has 0 saturated heterocycles. The number of aliphatic carboxylic acids is 2. The zero-order valence-electron chi connectivity index (χ0n) is 20.3. The summed E-state index contributed by atoms with van der Waals surface area (Å²) in [5, 5.41) is 17.7. The lowest BCUT2D eigenvalue weighted by atomic mass is 10.2. The van der Waals surface area contributed by atoms with E-state index in [1.807, 2.05) is 54.7 Å². The highest BCUT2D eigenvalue weighted by atomic mass is 19.4. The second-order valence-corrected chi connectivity index (χ2v) is 7.68. The first kappa shape index (κ1) is 31.6. The first-order valence-electron chi connectivity index (χ1n) is 11.2. The van der Waals surface area contributed by atoms with Gasteiger partial charge in [-0.1, -0.05) is 18.2 Å². The number of hydrogen-bond donors (Lipinski definition) is 4. The zero-order chi connectivity index (χ0) is 29.8. The Morgan fingerprint density at radius 2 is 1.45 bits per heavy atom. The molecule has 4 rings (SSSR count). The van der Waals surface area contributed by atoms with Crippen molar-refractivity contribution < 1.29 is 50.9 Å². The molecule has 2 aromatic carbocycles. The predicted octanol–water partition coefficient (Wildman–Crippen LogP) is 5.35. The fraction of sp³-hybridized carbons (Fsp3) is 0.200. The maximum atomic E-state index is 10.6. The third-order valence-electron chi connectivity index (χ3n) is 4.65. The molecular formula is C25H22F6N4O5. The molecule has 4 N–H and O–H groups in total. The highest BCUT2D eigenvalue weighted by molar-refractivity contribution is 5.76. The van der Waals surface area contributed by atoms with Crippen molar-refractivity contribution >= 4 is 23.0 Å². The minimum atomic E-state index is -5.08. The molecule has 2 heterocycles. The summed E-state index contributed by atoms with van der Waals surface area (Å²) in [4.78, 5) is 29.4. The van der Waals surface area contributed by atoms with E-state index in [0.29, 0.717) is 0 Å². The minimum absolute atomic E-state index is 0.783. The topological polar surface area (TPSA) is 137 Å². The van der Waals surface area contributed by atoms with Crippen molar-refractivity contribution in [2.45, 2.75) is 25.3 Å². The number of imidazole rings is 1. The number of alkyl halides is 6. The molecule has 0 spiro atoms. The van der Waals surface area contributed by atoms with Crippen molar-refractivity contribution in [3.63, 3.8) is 0 Å². The lowest BCUT2D eigenvalue weighted by Gasteiger charge is -2.08. The molecule has 0 fully saturated rings. The van der Waals surface area contributed by atoms with Gasteiger partial charge in [-0.2, -0.15) is 26.3 Å². The first-order valence-corrected chi connectivity index (χ1v) is 11.2. The van der Waals surface area contributed by atoms with Crippen LogP contribution in [-0.4, -0.2) is 56.0 Å². The summed E-state index contributed by atoms with van der Waals surface area (Å²) >= 11 is 0. The average molecular weight is 572 g/mol. The molecule has 0 saturated carbocycles. The molecular weight excluding hydrogens is 550 g/mol. The monoisotopic (exact) mass is 572 g/mol. The summed E-state index contributed by atoms with van der Waals surface area (Å²) < 4.78 is 69.4. The van der Waals surface area contributed by atoms with Gasteiger partial charge in [-0.25, -0.2) is 14.6 Å². The maximum Gasteiger partial charge on any atom is 0.490 e. The Morgan fingerprint density at radius 3 is 2.00 bits per heavy atom. The van der Waals surface area contributed by atoms with Gasteiger partial charge < -0.3 is 25.3 Å². The number of pyridine rings is 1. The van der Waals surface area contributed by atoms with Gasteiger partial charge in [0.2, 0.25) is 0 Å². The van der Waals surface area contributed by atoms with Crippen LogP contribution in [0.25, 0.3) is 11.0 Å². The number of nitrogens with one attached hydrogen (secondary N) is 2. The number of halogens is 6. The van der Waals surface area contributed by atoms with Crippen molar-refractivity contribution in [2.75, 3.05) is 6.54 Å². The molecule has 9 nitrogen and oxygen atoms in total. The van der Waals surface area contributed by atoms with Crippen LogP contribution in [0.4, 0.5) is 26.3 Å². The van der Waals surface area contributed by atoms with Crippen molar-refractivity contribution in [1.82, 2.24) is 20.3 Å². The van der Waals surface area contributed by atoms with Crippen molar-refractivity contribution in [2.24, 2.45) is 0 Å². The van der Waals surface area contributed by atoms with Gasteiger partial charge in [0.25, 0.3) is 0 Å². The summed E-state index contributed by atoms with van der Waals surface area (Å²) in [5.74, 6) is -3.91. The molecule has 0 unspecified atom stereocenters. The maximum absolute atomic E-state index is 10.6. The number of aromatic nitrogens is 3. The fourth-order valence-electron chi connectivity index (χ4n) is 2.78. The van der Waals surface area contributed by atoms with Gasteiger partial charge >= 0.3 is 24.3 Å². The van der Waals surface area contributed by atoms with Crippen LogP contribution in [-0.2, 0) is 22.6 Å². The van der Waals surface area contributed by atoms with Crippen molar-refractivity contribution in [3.8, 4) is 11.5 Å². The quantitative estimate of drug-likeness (QED) is 0.172. The molecule has 0 radical (unpaired) electrons. The molecule has 0 aliphatic rings. The van der Waals surface area contributed by atoms with Crippen LogP contribution in [0, 0.1) is 0 Å². The Kier molecular flexibility index (Phi) is 11.4. The Balaban J connectivity index is 0.000000333. The van der Waals surface area contributed by atoms with Crippen LogP contribution in [0.1, 0.15) is 11.3 Å². The highest BCUT2D eigenvalue weighted by Gasteiger charge is 2.38. The molecule has 0 bridgehead atoms. The Hall–Kier alpha value is -4.66. The second-order valence-electron chi connectivity index (χ2n) is 7.68. The zero-order valence-corrected chi connectivity index (χ0v) is 20.3. The normalized spacial score (nSPS) is 11.1. The van der Waals surface area contributed by atoms with Crippen LogP contribution in [0.15, 0.2) is 73.2 Å². The fourth-order valence-corrected chi connectivity index (χ4v) is 2.78. The van der Waals surface area contributed by atoms with Crippen LogP contribution in [0.2, 0.25) is 0 Å². The first-order chi connectivity index (χ1) is 18.8. The number of carboxylic acids is 2. The van der Waals surface area contributed by atoms with Gasteiger partial charge in [-0.15, -0.1) is 0 Å². The summed E-state index contributed by atoms with van der Waals surface area (Å²) in [6.45, 7) is 1.73. The number of aromatic amines is 1. The Labute approximate surface area is 222 Å². The summed E-state index contributed by atoms with van der Waals surface area (Å²) in [6, 6.07) is 20.0. The van der Waals surface area contributed by atoms with Crippen LogP contribution in [0.5, 0.6) is 11.5 Å². The van der Waals surface area contributed by atoms with E-state index in [-0.39, 0.29) is 0 Å². The molecule has 0 atom stereocenters. The molecule has 0 aliphatic heterocycles. The van der Waals surface area contributed by atoms with Crippen molar-refractivity contribution in [1.29, 1.82) is 0 Å². The Morgan fingerprint density at radius 1 is 0.850 bits per heavy atom. The summed E-state index contributed by atoms with van der Waals surface area (Å²) in [7, 11) is 0. The lowest BCUT2D eigenvalue weighted by molar-refractivity contribution is -0.193. The number of fused-ring (bicyclic) bond motifs is 1. The number of rotatable bonds is 7. The molecule has 0 amide bonds. The number of carbonyl (C=O) groups is 2. The van der Waals surface area contributed by atoms with E-state index in [4.69, 9.17) is 24.5 Å². The molecule has 0 aliphatic carbocycles. The molecule has 4 aromatic rings. The molecule has 40 heavy (non-hydrogen) atoms. The minimum Gasteiger partial charge on any atom is -0.475 e. The van der Waals surface area contributed by atoms with E-state index in [0.717, 1.165) is 47.7 Å². The van der Waals surface area contributed by atoms with E-state index in [1.54, 1.807) is 6.33 Å².